The largest absolute Gasteiger partial charge is 0.460 e. The Bertz CT molecular complexity index is 339. The minimum atomic E-state index is -0.447. The summed E-state index contributed by atoms with van der Waals surface area (Å²) in [5.41, 5.74) is -0.894. The van der Waals surface area contributed by atoms with Crippen molar-refractivity contribution in [3.05, 3.63) is 0 Å². The van der Waals surface area contributed by atoms with Gasteiger partial charge in [-0.05, 0) is 54.4 Å². The van der Waals surface area contributed by atoms with Gasteiger partial charge < -0.3 is 14.2 Å². The SMILES string of the molecule is CC(C)(C)OC(=O)CC[C@@H]1O[C@H]1CCC(=O)OC(C)(C)C. The molecule has 21 heavy (non-hydrogen) atoms. The second kappa shape index (κ2) is 6.77. The predicted molar refractivity (Wildman–Crippen MR) is 78.8 cm³/mol. The molecule has 1 heterocycles. The minimum Gasteiger partial charge on any atom is -0.460 e. The fourth-order valence-electron chi connectivity index (χ4n) is 1.99. The molecule has 1 aliphatic heterocycles. The fourth-order valence-corrected chi connectivity index (χ4v) is 1.99. The number of carbonyl (C=O) groups is 2. The van der Waals surface area contributed by atoms with Gasteiger partial charge in [0.25, 0.3) is 0 Å². The van der Waals surface area contributed by atoms with E-state index in [9.17, 15) is 9.59 Å². The summed E-state index contributed by atoms with van der Waals surface area (Å²) in [7, 11) is 0. The highest BCUT2D eigenvalue weighted by Crippen LogP contribution is 2.31. The third-order valence-electron chi connectivity index (χ3n) is 2.79. The Morgan fingerprint density at radius 3 is 1.43 bits per heavy atom. The molecule has 2 atom stereocenters. The lowest BCUT2D eigenvalue weighted by atomic mass is 10.1. The average molecular weight is 300 g/mol. The quantitative estimate of drug-likeness (QED) is 0.557. The molecule has 122 valence electrons. The van der Waals surface area contributed by atoms with Crippen LogP contribution in [0.3, 0.4) is 0 Å². The summed E-state index contributed by atoms with van der Waals surface area (Å²) in [5, 5.41) is 0. The van der Waals surface area contributed by atoms with Gasteiger partial charge in [0.15, 0.2) is 0 Å². The van der Waals surface area contributed by atoms with Crippen molar-refractivity contribution in [2.75, 3.05) is 0 Å². The van der Waals surface area contributed by atoms with Gasteiger partial charge >= 0.3 is 11.9 Å². The summed E-state index contributed by atoms with van der Waals surface area (Å²) < 4.78 is 15.9. The predicted octanol–water partition coefficient (Wildman–Crippen LogP) is 3.00. The maximum absolute atomic E-state index is 11.6. The number of rotatable bonds is 6. The van der Waals surface area contributed by atoms with Crippen molar-refractivity contribution in [1.82, 2.24) is 0 Å². The molecule has 0 aromatic heterocycles. The van der Waals surface area contributed by atoms with Crippen LogP contribution in [-0.2, 0) is 23.8 Å². The van der Waals surface area contributed by atoms with Crippen molar-refractivity contribution in [1.29, 1.82) is 0 Å². The smallest absolute Gasteiger partial charge is 0.306 e. The normalized spacial score (nSPS) is 21.8. The molecule has 0 N–H and O–H groups in total. The van der Waals surface area contributed by atoms with Crippen LogP contribution in [0.1, 0.15) is 67.2 Å². The van der Waals surface area contributed by atoms with Crippen molar-refractivity contribution in [3.63, 3.8) is 0 Å². The summed E-state index contributed by atoms with van der Waals surface area (Å²) in [6.07, 6.45) is 2.14. The zero-order chi connectivity index (χ0) is 16.3. The van der Waals surface area contributed by atoms with Gasteiger partial charge in [0.2, 0.25) is 0 Å². The molecule has 0 bridgehead atoms. The summed E-state index contributed by atoms with van der Waals surface area (Å²) in [6, 6.07) is 0. The maximum Gasteiger partial charge on any atom is 0.306 e. The minimum absolute atomic E-state index is 0.0694. The van der Waals surface area contributed by atoms with Gasteiger partial charge in [-0.2, -0.15) is 0 Å². The highest BCUT2D eigenvalue weighted by atomic mass is 16.6. The highest BCUT2D eigenvalue weighted by Gasteiger charge is 2.39. The Morgan fingerprint density at radius 1 is 0.810 bits per heavy atom. The molecular weight excluding hydrogens is 272 g/mol. The lowest BCUT2D eigenvalue weighted by Crippen LogP contribution is -2.24. The lowest BCUT2D eigenvalue weighted by molar-refractivity contribution is -0.156. The van der Waals surface area contributed by atoms with Crippen molar-refractivity contribution >= 4 is 11.9 Å². The molecule has 0 amide bonds. The lowest BCUT2D eigenvalue weighted by Gasteiger charge is -2.19. The Labute approximate surface area is 127 Å². The molecule has 0 unspecified atom stereocenters. The fraction of sp³-hybridized carbons (Fsp3) is 0.875. The van der Waals surface area contributed by atoms with E-state index in [-0.39, 0.29) is 24.1 Å². The molecule has 5 nitrogen and oxygen atoms in total. The first-order valence-corrected chi connectivity index (χ1v) is 7.55. The number of epoxide rings is 1. The summed E-state index contributed by atoms with van der Waals surface area (Å²) >= 11 is 0. The van der Waals surface area contributed by atoms with E-state index in [4.69, 9.17) is 14.2 Å². The molecule has 1 aliphatic rings. The van der Waals surface area contributed by atoms with Gasteiger partial charge in [0.1, 0.15) is 11.2 Å². The molecule has 0 aromatic carbocycles. The maximum atomic E-state index is 11.6. The molecule has 0 aliphatic carbocycles. The Kier molecular flexibility index (Phi) is 5.79. The number of ether oxygens (including phenoxy) is 3. The summed E-state index contributed by atoms with van der Waals surface area (Å²) in [4.78, 5) is 23.1. The first-order chi connectivity index (χ1) is 9.46. The monoisotopic (exact) mass is 300 g/mol. The Morgan fingerprint density at radius 2 is 1.14 bits per heavy atom. The molecule has 1 fully saturated rings. The van der Waals surface area contributed by atoms with Crippen molar-refractivity contribution in [3.8, 4) is 0 Å². The Balaban J connectivity index is 2.12. The van der Waals surface area contributed by atoms with Gasteiger partial charge in [0.05, 0.1) is 12.2 Å². The number of hydrogen-bond acceptors (Lipinski definition) is 5. The molecule has 5 heteroatoms. The first-order valence-electron chi connectivity index (χ1n) is 7.55. The zero-order valence-corrected chi connectivity index (χ0v) is 14.0. The molecule has 0 aromatic rings. The first kappa shape index (κ1) is 18.0. The van der Waals surface area contributed by atoms with E-state index in [2.05, 4.69) is 0 Å². The van der Waals surface area contributed by atoms with E-state index in [1.165, 1.54) is 0 Å². The topological polar surface area (TPSA) is 65.1 Å². The van der Waals surface area contributed by atoms with Crippen LogP contribution in [0, 0.1) is 0 Å². The molecule has 0 saturated carbocycles. The van der Waals surface area contributed by atoms with E-state index >= 15 is 0 Å². The zero-order valence-electron chi connectivity index (χ0n) is 14.0. The van der Waals surface area contributed by atoms with Crippen LogP contribution in [0.2, 0.25) is 0 Å². The Hall–Kier alpha value is -1.10. The van der Waals surface area contributed by atoms with Gasteiger partial charge in [-0.15, -0.1) is 0 Å². The van der Waals surface area contributed by atoms with E-state index in [0.717, 1.165) is 0 Å². The second-order valence-electron chi connectivity index (χ2n) is 7.46. The van der Waals surface area contributed by atoms with Gasteiger partial charge in [0, 0.05) is 12.8 Å². The van der Waals surface area contributed by atoms with Crippen LogP contribution in [-0.4, -0.2) is 35.3 Å². The van der Waals surface area contributed by atoms with Crippen LogP contribution in [0.15, 0.2) is 0 Å². The number of esters is 2. The third kappa shape index (κ3) is 8.71. The van der Waals surface area contributed by atoms with Crippen molar-refractivity contribution in [2.45, 2.75) is 90.6 Å². The van der Waals surface area contributed by atoms with Gasteiger partial charge in [-0.1, -0.05) is 0 Å². The summed E-state index contributed by atoms with van der Waals surface area (Å²) in [6.45, 7) is 11.1. The highest BCUT2D eigenvalue weighted by molar-refractivity contribution is 5.70. The number of hydrogen-bond donors (Lipinski definition) is 0. The van der Waals surface area contributed by atoms with Crippen LogP contribution in [0.4, 0.5) is 0 Å². The van der Waals surface area contributed by atoms with Gasteiger partial charge in [-0.25, -0.2) is 0 Å². The van der Waals surface area contributed by atoms with Gasteiger partial charge in [-0.3, -0.25) is 9.59 Å². The van der Waals surface area contributed by atoms with E-state index < -0.39 is 11.2 Å². The second-order valence-corrected chi connectivity index (χ2v) is 7.46. The molecular formula is C16H28O5. The van der Waals surface area contributed by atoms with E-state index in [1.54, 1.807) is 0 Å². The molecule has 0 radical (unpaired) electrons. The van der Waals surface area contributed by atoms with E-state index in [0.29, 0.717) is 25.7 Å². The van der Waals surface area contributed by atoms with Crippen LogP contribution in [0.25, 0.3) is 0 Å². The third-order valence-corrected chi connectivity index (χ3v) is 2.79. The van der Waals surface area contributed by atoms with Crippen molar-refractivity contribution < 1.29 is 23.8 Å². The van der Waals surface area contributed by atoms with Crippen LogP contribution < -0.4 is 0 Å². The molecule has 1 rings (SSSR count). The van der Waals surface area contributed by atoms with E-state index in [1.807, 2.05) is 41.5 Å². The molecule has 0 spiro atoms. The molecule has 1 saturated heterocycles. The number of carbonyl (C=O) groups excluding carboxylic acids is 2. The average Bonchev–Trinajstić information content (AvgIpc) is 2.97. The van der Waals surface area contributed by atoms with Crippen molar-refractivity contribution in [2.24, 2.45) is 0 Å². The van der Waals surface area contributed by atoms with Crippen LogP contribution >= 0.6 is 0 Å². The van der Waals surface area contributed by atoms with Crippen LogP contribution in [0.5, 0.6) is 0 Å². The summed E-state index contributed by atoms with van der Waals surface area (Å²) in [5.74, 6) is -0.409. The standard InChI is InChI=1S/C16H28O5/c1-15(2,3)20-13(17)9-7-11-12(19-11)8-10-14(18)21-16(4,5)6/h11-12H,7-10H2,1-6H3/t11-,12-/m0/s1.